The van der Waals surface area contributed by atoms with Gasteiger partial charge in [0.05, 0.1) is 30.4 Å². The Morgan fingerprint density at radius 1 is 1.33 bits per heavy atom. The summed E-state index contributed by atoms with van der Waals surface area (Å²) in [4.78, 5) is 29.2. The van der Waals surface area contributed by atoms with Crippen molar-refractivity contribution in [2.75, 3.05) is 20.2 Å². The molecule has 0 saturated carbocycles. The molecular weight excluding hydrogens is 270 g/mol. The molecule has 0 radical (unpaired) electrons. The highest BCUT2D eigenvalue weighted by Crippen LogP contribution is 2.11. The number of fused-ring (bicyclic) bond motifs is 1. The molecule has 1 amide bonds. The first kappa shape index (κ1) is 15.0. The third kappa shape index (κ3) is 3.81. The molecule has 0 fully saturated rings. The van der Waals surface area contributed by atoms with E-state index in [1.165, 1.54) is 4.90 Å². The third-order valence-electron chi connectivity index (χ3n) is 3.22. The number of carbonyl (C=O) groups is 2. The summed E-state index contributed by atoms with van der Waals surface area (Å²) in [5.74, 6) is -0.354. The molecule has 1 aromatic carbocycles. The average molecular weight is 289 g/mol. The van der Waals surface area contributed by atoms with E-state index in [2.05, 4.69) is 4.98 Å². The van der Waals surface area contributed by atoms with E-state index in [0.29, 0.717) is 13.2 Å². The van der Waals surface area contributed by atoms with Gasteiger partial charge in [0.15, 0.2) is 0 Å². The minimum Gasteiger partial charge on any atom is -0.466 e. The number of nitrogens with zero attached hydrogens (tertiary/aromatic N) is 3. The van der Waals surface area contributed by atoms with Crippen molar-refractivity contribution in [1.82, 2.24) is 14.5 Å². The van der Waals surface area contributed by atoms with Gasteiger partial charge in [0.2, 0.25) is 5.91 Å². The highest BCUT2D eigenvalue weighted by atomic mass is 16.5. The summed E-state index contributed by atoms with van der Waals surface area (Å²) >= 11 is 0. The molecular formula is C15H19N3O3. The van der Waals surface area contributed by atoms with Crippen LogP contribution in [-0.4, -0.2) is 46.5 Å². The summed E-state index contributed by atoms with van der Waals surface area (Å²) in [7, 11) is 1.68. The molecule has 0 N–H and O–H groups in total. The van der Waals surface area contributed by atoms with Crippen molar-refractivity contribution in [3.8, 4) is 0 Å². The number of esters is 1. The van der Waals surface area contributed by atoms with Crippen molar-refractivity contribution in [3.05, 3.63) is 30.6 Å². The van der Waals surface area contributed by atoms with Crippen molar-refractivity contribution in [1.29, 1.82) is 0 Å². The maximum atomic E-state index is 12.1. The SMILES string of the molecule is CCOC(=O)CCN(C)C(=O)Cn1cnc2ccccc21. The molecule has 2 aromatic rings. The van der Waals surface area contributed by atoms with Gasteiger partial charge < -0.3 is 14.2 Å². The second-order valence-corrected chi connectivity index (χ2v) is 4.73. The maximum Gasteiger partial charge on any atom is 0.307 e. The van der Waals surface area contributed by atoms with Gasteiger partial charge in [-0.25, -0.2) is 4.98 Å². The third-order valence-corrected chi connectivity index (χ3v) is 3.22. The predicted octanol–water partition coefficient (Wildman–Crippen LogP) is 1.45. The number of likely N-dealkylation sites (N-methyl/N-ethyl adjacent to an activating group) is 1. The first-order valence-electron chi connectivity index (χ1n) is 6.91. The van der Waals surface area contributed by atoms with E-state index >= 15 is 0 Å². The van der Waals surface area contributed by atoms with Gasteiger partial charge in [-0.3, -0.25) is 9.59 Å². The minimum atomic E-state index is -0.287. The van der Waals surface area contributed by atoms with Crippen LogP contribution < -0.4 is 0 Å². The number of hydrogen-bond donors (Lipinski definition) is 0. The summed E-state index contributed by atoms with van der Waals surface area (Å²) in [5, 5.41) is 0. The zero-order valence-electron chi connectivity index (χ0n) is 12.3. The second kappa shape index (κ2) is 6.88. The van der Waals surface area contributed by atoms with Crippen LogP contribution in [-0.2, 0) is 20.9 Å². The summed E-state index contributed by atoms with van der Waals surface area (Å²) in [5.41, 5.74) is 1.78. The zero-order valence-corrected chi connectivity index (χ0v) is 12.3. The van der Waals surface area contributed by atoms with Crippen LogP contribution in [0, 0.1) is 0 Å². The van der Waals surface area contributed by atoms with Gasteiger partial charge in [-0.2, -0.15) is 0 Å². The molecule has 0 aliphatic carbocycles. The number of para-hydroxylation sites is 2. The fourth-order valence-corrected chi connectivity index (χ4v) is 2.02. The summed E-state index contributed by atoms with van der Waals surface area (Å²) < 4.78 is 6.65. The van der Waals surface area contributed by atoms with E-state index in [4.69, 9.17) is 4.74 Å². The number of amides is 1. The quantitative estimate of drug-likeness (QED) is 0.755. The Kier molecular flexibility index (Phi) is 4.92. The standard InChI is InChI=1S/C15H19N3O3/c1-3-21-15(20)8-9-17(2)14(19)10-18-11-16-12-6-4-5-7-13(12)18/h4-7,11H,3,8-10H2,1-2H3. The van der Waals surface area contributed by atoms with Gasteiger partial charge in [-0.1, -0.05) is 12.1 Å². The molecule has 0 aliphatic heterocycles. The number of carbonyl (C=O) groups excluding carboxylic acids is 2. The number of imidazole rings is 1. The van der Waals surface area contributed by atoms with Crippen LogP contribution in [0.3, 0.4) is 0 Å². The van der Waals surface area contributed by atoms with E-state index in [1.807, 2.05) is 24.3 Å². The van der Waals surface area contributed by atoms with Gasteiger partial charge in [0.1, 0.15) is 6.54 Å². The smallest absolute Gasteiger partial charge is 0.307 e. The topological polar surface area (TPSA) is 64.4 Å². The molecule has 0 aliphatic rings. The second-order valence-electron chi connectivity index (χ2n) is 4.73. The summed E-state index contributed by atoms with van der Waals surface area (Å²) in [6.07, 6.45) is 1.86. The molecule has 112 valence electrons. The highest BCUT2D eigenvalue weighted by Gasteiger charge is 2.13. The normalized spacial score (nSPS) is 10.6. The summed E-state index contributed by atoms with van der Waals surface area (Å²) in [6, 6.07) is 7.65. The molecule has 0 spiro atoms. The monoisotopic (exact) mass is 289 g/mol. The van der Waals surface area contributed by atoms with Crippen LogP contribution >= 0.6 is 0 Å². The van der Waals surface area contributed by atoms with E-state index in [1.54, 1.807) is 24.9 Å². The molecule has 0 unspecified atom stereocenters. The van der Waals surface area contributed by atoms with Gasteiger partial charge in [-0.05, 0) is 19.1 Å². The Labute approximate surface area is 123 Å². The number of rotatable bonds is 6. The van der Waals surface area contributed by atoms with E-state index in [9.17, 15) is 9.59 Å². The van der Waals surface area contributed by atoms with Crippen molar-refractivity contribution >= 4 is 22.9 Å². The van der Waals surface area contributed by atoms with Crippen molar-refractivity contribution < 1.29 is 14.3 Å². The number of hydrogen-bond acceptors (Lipinski definition) is 4. The predicted molar refractivity (Wildman–Crippen MR) is 78.6 cm³/mol. The van der Waals surface area contributed by atoms with Crippen LogP contribution in [0.1, 0.15) is 13.3 Å². The fraction of sp³-hybridized carbons (Fsp3) is 0.400. The van der Waals surface area contributed by atoms with Crippen LogP contribution in [0.4, 0.5) is 0 Å². The molecule has 0 bridgehead atoms. The van der Waals surface area contributed by atoms with Gasteiger partial charge in [0, 0.05) is 13.6 Å². The number of aromatic nitrogens is 2. The Balaban J connectivity index is 1.93. The Morgan fingerprint density at radius 3 is 2.86 bits per heavy atom. The average Bonchev–Trinajstić information content (AvgIpc) is 2.88. The zero-order chi connectivity index (χ0) is 15.2. The number of ether oxygens (including phenoxy) is 1. The van der Waals surface area contributed by atoms with Crippen LogP contribution in [0.15, 0.2) is 30.6 Å². The minimum absolute atomic E-state index is 0.0672. The van der Waals surface area contributed by atoms with Crippen LogP contribution in [0.2, 0.25) is 0 Å². The molecule has 6 heteroatoms. The van der Waals surface area contributed by atoms with Gasteiger partial charge in [-0.15, -0.1) is 0 Å². The molecule has 1 heterocycles. The Morgan fingerprint density at radius 2 is 2.10 bits per heavy atom. The lowest BCUT2D eigenvalue weighted by atomic mass is 10.3. The van der Waals surface area contributed by atoms with Crippen LogP contribution in [0.25, 0.3) is 11.0 Å². The Bertz CT molecular complexity index is 636. The lowest BCUT2D eigenvalue weighted by Gasteiger charge is -2.17. The molecule has 0 saturated heterocycles. The van der Waals surface area contributed by atoms with Crippen molar-refractivity contribution in [2.45, 2.75) is 19.9 Å². The molecule has 1 aromatic heterocycles. The van der Waals surface area contributed by atoms with Crippen molar-refractivity contribution in [2.24, 2.45) is 0 Å². The molecule has 0 atom stereocenters. The molecule has 21 heavy (non-hydrogen) atoms. The van der Waals surface area contributed by atoms with Crippen LogP contribution in [0.5, 0.6) is 0 Å². The van der Waals surface area contributed by atoms with E-state index < -0.39 is 0 Å². The molecule has 6 nitrogen and oxygen atoms in total. The first-order valence-corrected chi connectivity index (χ1v) is 6.91. The van der Waals surface area contributed by atoms with Crippen molar-refractivity contribution in [3.63, 3.8) is 0 Å². The lowest BCUT2D eigenvalue weighted by Crippen LogP contribution is -2.32. The molecule has 2 rings (SSSR count). The summed E-state index contributed by atoms with van der Waals surface area (Å²) in [6.45, 7) is 2.68. The highest BCUT2D eigenvalue weighted by molar-refractivity contribution is 5.80. The van der Waals surface area contributed by atoms with E-state index in [0.717, 1.165) is 11.0 Å². The fourth-order valence-electron chi connectivity index (χ4n) is 2.02. The largest absolute Gasteiger partial charge is 0.466 e. The maximum absolute atomic E-state index is 12.1. The number of benzene rings is 1. The van der Waals surface area contributed by atoms with E-state index in [-0.39, 0.29) is 24.8 Å². The van der Waals surface area contributed by atoms with Gasteiger partial charge in [0.25, 0.3) is 0 Å². The Hall–Kier alpha value is -2.37. The lowest BCUT2D eigenvalue weighted by molar-refractivity contribution is -0.143. The first-order chi connectivity index (χ1) is 10.1. The van der Waals surface area contributed by atoms with Gasteiger partial charge >= 0.3 is 5.97 Å².